The van der Waals surface area contributed by atoms with Gasteiger partial charge in [0.05, 0.1) is 31.0 Å². The first kappa shape index (κ1) is 19.7. The number of hydrogen-bond donors (Lipinski definition) is 0. The zero-order valence-corrected chi connectivity index (χ0v) is 17.2. The van der Waals surface area contributed by atoms with Gasteiger partial charge < -0.3 is 9.47 Å². The fourth-order valence-corrected chi connectivity index (χ4v) is 3.65. The Morgan fingerprint density at radius 2 is 1.80 bits per heavy atom. The van der Waals surface area contributed by atoms with Crippen molar-refractivity contribution in [3.8, 4) is 28.6 Å². The van der Waals surface area contributed by atoms with E-state index in [9.17, 15) is 9.59 Å². The van der Waals surface area contributed by atoms with Crippen molar-refractivity contribution in [1.82, 2.24) is 14.1 Å². The van der Waals surface area contributed by atoms with Crippen LogP contribution in [0, 0.1) is 0 Å². The maximum absolute atomic E-state index is 13.2. The van der Waals surface area contributed by atoms with Crippen molar-refractivity contribution in [2.75, 3.05) is 14.2 Å². The van der Waals surface area contributed by atoms with Gasteiger partial charge in [0.15, 0.2) is 5.82 Å². The summed E-state index contributed by atoms with van der Waals surface area (Å²) in [6, 6.07) is 14.8. The molecule has 0 fully saturated rings. The van der Waals surface area contributed by atoms with E-state index in [2.05, 4.69) is 4.98 Å². The van der Waals surface area contributed by atoms with Crippen molar-refractivity contribution in [2.45, 2.75) is 26.3 Å². The monoisotopic (exact) mass is 405 g/mol. The van der Waals surface area contributed by atoms with Gasteiger partial charge in [0.2, 0.25) is 0 Å². The minimum Gasteiger partial charge on any atom is -0.497 e. The van der Waals surface area contributed by atoms with E-state index in [1.165, 1.54) is 4.57 Å². The van der Waals surface area contributed by atoms with Crippen molar-refractivity contribution in [2.24, 2.45) is 0 Å². The number of rotatable bonds is 6. The number of benzene rings is 2. The lowest BCUT2D eigenvalue weighted by Gasteiger charge is -2.21. The number of hydrogen-bond acceptors (Lipinski definition) is 5. The Labute approximate surface area is 173 Å². The van der Waals surface area contributed by atoms with Gasteiger partial charge in [-0.2, -0.15) is 4.98 Å². The maximum atomic E-state index is 13.2. The van der Waals surface area contributed by atoms with Gasteiger partial charge in [0, 0.05) is 12.6 Å². The Morgan fingerprint density at radius 3 is 2.53 bits per heavy atom. The molecule has 4 rings (SSSR count). The summed E-state index contributed by atoms with van der Waals surface area (Å²) in [7, 11) is 3.15. The lowest BCUT2D eigenvalue weighted by molar-refractivity contribution is 0.402. The van der Waals surface area contributed by atoms with Crippen LogP contribution >= 0.6 is 0 Å². The third-order valence-corrected chi connectivity index (χ3v) is 5.20. The predicted molar refractivity (Wildman–Crippen MR) is 116 cm³/mol. The first-order chi connectivity index (χ1) is 14.6. The second-order valence-electron chi connectivity index (χ2n) is 7.02. The molecule has 0 aliphatic carbocycles. The lowest BCUT2D eigenvalue weighted by Crippen LogP contribution is -2.38. The minimum atomic E-state index is -0.549. The first-order valence-corrected chi connectivity index (χ1v) is 9.86. The Bertz CT molecular complexity index is 1310. The Morgan fingerprint density at radius 1 is 1.00 bits per heavy atom. The van der Waals surface area contributed by atoms with Crippen LogP contribution < -0.4 is 20.7 Å². The van der Waals surface area contributed by atoms with E-state index in [4.69, 9.17) is 9.47 Å². The average Bonchev–Trinajstić information content (AvgIpc) is 2.77. The SMILES string of the molecule is CCCCn1c(=O)nc2n(-c3cc(OC)ccc3OC)c3ccccc3cc-2c1=O. The standard InChI is InChI=1S/C23H23N3O4/c1-4-5-12-25-22(27)17-13-15-8-6-7-9-18(15)26(21(17)24-23(25)28)19-14-16(29-2)10-11-20(19)30-3/h6-11,13-14H,4-5,12H2,1-3H3. The lowest BCUT2D eigenvalue weighted by atomic mass is 10.1. The highest BCUT2D eigenvalue weighted by molar-refractivity contribution is 5.88. The number of unbranched alkanes of at least 4 members (excludes halogenated alkanes) is 1. The van der Waals surface area contributed by atoms with E-state index in [0.29, 0.717) is 35.1 Å². The molecule has 0 spiro atoms. The quantitative estimate of drug-likeness (QED) is 0.459. The summed E-state index contributed by atoms with van der Waals surface area (Å²) < 4.78 is 14.0. The van der Waals surface area contributed by atoms with E-state index in [1.807, 2.05) is 31.2 Å². The second kappa shape index (κ2) is 8.02. The van der Waals surface area contributed by atoms with Gasteiger partial charge in [-0.1, -0.05) is 31.5 Å². The van der Waals surface area contributed by atoms with E-state index < -0.39 is 5.69 Å². The molecule has 30 heavy (non-hydrogen) atoms. The molecule has 154 valence electrons. The number of para-hydroxylation sites is 1. The van der Waals surface area contributed by atoms with Crippen LogP contribution in [0.15, 0.2) is 58.1 Å². The zero-order valence-electron chi connectivity index (χ0n) is 17.2. The molecule has 0 atom stereocenters. The molecule has 0 N–H and O–H groups in total. The number of pyridine rings is 1. The van der Waals surface area contributed by atoms with Crippen LogP contribution in [0.3, 0.4) is 0 Å². The fourth-order valence-electron chi connectivity index (χ4n) is 3.65. The largest absolute Gasteiger partial charge is 0.497 e. The number of fused-ring (bicyclic) bond motifs is 2. The highest BCUT2D eigenvalue weighted by Gasteiger charge is 2.22. The summed E-state index contributed by atoms with van der Waals surface area (Å²) in [5.74, 6) is 1.49. The second-order valence-corrected chi connectivity index (χ2v) is 7.02. The molecular weight excluding hydrogens is 382 g/mol. The number of ether oxygens (including phenoxy) is 2. The van der Waals surface area contributed by atoms with Crippen molar-refractivity contribution in [3.63, 3.8) is 0 Å². The summed E-state index contributed by atoms with van der Waals surface area (Å²) in [5.41, 5.74) is 0.936. The van der Waals surface area contributed by atoms with Crippen molar-refractivity contribution >= 4 is 10.9 Å². The third-order valence-electron chi connectivity index (χ3n) is 5.20. The predicted octanol–water partition coefficient (Wildman–Crippen LogP) is 3.47. The number of nitrogens with zero attached hydrogens (tertiary/aromatic N) is 3. The first-order valence-electron chi connectivity index (χ1n) is 9.86. The Kier molecular flexibility index (Phi) is 5.27. The number of aromatic nitrogens is 3. The van der Waals surface area contributed by atoms with Gasteiger partial charge in [-0.3, -0.25) is 13.9 Å². The molecule has 2 aromatic rings. The fraction of sp³-hybridized carbons (Fsp3) is 0.261. The summed E-state index contributed by atoms with van der Waals surface area (Å²) in [6.07, 6.45) is 1.61. The van der Waals surface area contributed by atoms with Crippen LogP contribution in [0.2, 0.25) is 0 Å². The maximum Gasteiger partial charge on any atom is 0.352 e. The van der Waals surface area contributed by atoms with Gasteiger partial charge in [-0.05, 0) is 36.1 Å². The average molecular weight is 405 g/mol. The molecule has 0 amide bonds. The molecule has 0 bridgehead atoms. The number of methoxy groups -OCH3 is 2. The molecule has 7 nitrogen and oxygen atoms in total. The van der Waals surface area contributed by atoms with Crippen molar-refractivity contribution < 1.29 is 9.47 Å². The highest BCUT2D eigenvalue weighted by Crippen LogP contribution is 2.34. The van der Waals surface area contributed by atoms with Crippen LogP contribution in [0.1, 0.15) is 19.8 Å². The molecule has 7 heteroatoms. The van der Waals surface area contributed by atoms with Crippen LogP contribution in [0.25, 0.3) is 28.0 Å². The summed E-state index contributed by atoms with van der Waals surface area (Å²) in [6.45, 7) is 2.37. The minimum absolute atomic E-state index is 0.294. The van der Waals surface area contributed by atoms with Crippen LogP contribution in [-0.2, 0) is 6.54 Å². The molecule has 0 aromatic heterocycles. The summed E-state index contributed by atoms with van der Waals surface area (Å²) in [4.78, 5) is 30.3. The summed E-state index contributed by atoms with van der Waals surface area (Å²) in [5, 5.41) is 0.856. The Balaban J connectivity index is 2.15. The molecule has 2 aromatic carbocycles. The molecule has 0 saturated heterocycles. The highest BCUT2D eigenvalue weighted by atomic mass is 16.5. The molecule has 2 aliphatic rings. The zero-order chi connectivity index (χ0) is 21.3. The Hall–Kier alpha value is -3.61. The summed E-state index contributed by atoms with van der Waals surface area (Å²) >= 11 is 0. The van der Waals surface area contributed by atoms with E-state index in [-0.39, 0.29) is 5.56 Å². The topological polar surface area (TPSA) is 75.3 Å². The van der Waals surface area contributed by atoms with Crippen LogP contribution in [0.5, 0.6) is 11.5 Å². The van der Waals surface area contributed by atoms with Gasteiger partial charge in [0.1, 0.15) is 11.5 Å². The molecule has 0 saturated carbocycles. The van der Waals surface area contributed by atoms with Crippen molar-refractivity contribution in [3.05, 3.63) is 69.4 Å². The van der Waals surface area contributed by atoms with E-state index in [1.54, 1.807) is 43.1 Å². The normalized spacial score (nSPS) is 11.2. The van der Waals surface area contributed by atoms with E-state index in [0.717, 1.165) is 23.7 Å². The van der Waals surface area contributed by atoms with Crippen LogP contribution in [-0.4, -0.2) is 28.3 Å². The molecule has 2 aliphatic heterocycles. The van der Waals surface area contributed by atoms with Gasteiger partial charge in [-0.15, -0.1) is 0 Å². The van der Waals surface area contributed by atoms with Crippen molar-refractivity contribution in [1.29, 1.82) is 0 Å². The molecule has 2 heterocycles. The van der Waals surface area contributed by atoms with Crippen LogP contribution in [0.4, 0.5) is 0 Å². The molecule has 0 unspecified atom stereocenters. The molecular formula is C23H23N3O4. The smallest absolute Gasteiger partial charge is 0.352 e. The van der Waals surface area contributed by atoms with Gasteiger partial charge in [-0.25, -0.2) is 4.79 Å². The molecule has 0 radical (unpaired) electrons. The van der Waals surface area contributed by atoms with Gasteiger partial charge >= 0.3 is 5.69 Å². The van der Waals surface area contributed by atoms with Gasteiger partial charge in [0.25, 0.3) is 5.56 Å². The third kappa shape index (κ3) is 3.22. The van der Waals surface area contributed by atoms with E-state index >= 15 is 0 Å².